The van der Waals surface area contributed by atoms with Gasteiger partial charge in [-0.2, -0.15) is 0 Å². The van der Waals surface area contributed by atoms with Gasteiger partial charge in [0.1, 0.15) is 12.0 Å². The van der Waals surface area contributed by atoms with Gasteiger partial charge in [0.25, 0.3) is 6.47 Å². The fourth-order valence-corrected chi connectivity index (χ4v) is 3.23. The topological polar surface area (TPSA) is 193 Å². The van der Waals surface area contributed by atoms with E-state index in [0.29, 0.717) is 0 Å². The van der Waals surface area contributed by atoms with Crippen molar-refractivity contribution < 1.29 is 64.1 Å². The van der Waals surface area contributed by atoms with Gasteiger partial charge in [-0.25, -0.2) is 0 Å². The maximum Gasteiger partial charge on any atom is 1.00 e. The average molecular weight is 398 g/mol. The van der Waals surface area contributed by atoms with Crippen LogP contribution in [0.4, 0.5) is 0 Å². The van der Waals surface area contributed by atoms with Crippen LogP contribution in [0.1, 0.15) is 64.2 Å². The molecule has 2 fully saturated rings. The van der Waals surface area contributed by atoms with Crippen molar-refractivity contribution in [3.63, 3.8) is 0 Å². The second kappa shape index (κ2) is 18.4. The van der Waals surface area contributed by atoms with Gasteiger partial charge in [-0.3, -0.25) is 14.4 Å². The first kappa shape index (κ1) is 30.7. The third-order valence-corrected chi connectivity index (χ3v) is 4.62. The molecule has 10 heteroatoms. The zero-order chi connectivity index (χ0) is 19.2. The summed E-state index contributed by atoms with van der Waals surface area (Å²) in [5, 5.41) is 25.6. The van der Waals surface area contributed by atoms with Gasteiger partial charge in [0, 0.05) is 5.92 Å². The summed E-state index contributed by atoms with van der Waals surface area (Å²) in [4.78, 5) is 39.8. The minimum atomic E-state index is -1.52. The largest absolute Gasteiger partial charge is 1.00 e. The zero-order valence-corrected chi connectivity index (χ0v) is 18.1. The summed E-state index contributed by atoms with van der Waals surface area (Å²) in [5.74, 6) is -3.10. The number of nitrogens with two attached hydrogens (primary N) is 1. The number of hydrogen-bond donors (Lipinski definition) is 4. The number of carboxylic acids is 2. The van der Waals surface area contributed by atoms with Gasteiger partial charge in [0.15, 0.2) is 5.78 Å². The van der Waals surface area contributed by atoms with Crippen LogP contribution in [0.15, 0.2) is 0 Å². The van der Waals surface area contributed by atoms with Crippen LogP contribution in [0.2, 0.25) is 0 Å². The fraction of sp³-hybridized carbons (Fsp3) is 0.765. The van der Waals surface area contributed by atoms with Crippen molar-refractivity contribution in [1.29, 1.82) is 0 Å². The van der Waals surface area contributed by atoms with E-state index in [1.807, 2.05) is 0 Å². The quantitative estimate of drug-likeness (QED) is 0.229. The molecule has 0 saturated heterocycles. The molecular weight excluding hydrogens is 367 g/mol. The predicted octanol–water partition coefficient (Wildman–Crippen LogP) is -2.27. The van der Waals surface area contributed by atoms with E-state index in [0.717, 1.165) is 57.8 Å². The summed E-state index contributed by atoms with van der Waals surface area (Å²) in [6, 6.07) is -0.629. The van der Waals surface area contributed by atoms with Crippen molar-refractivity contribution in [3.8, 4) is 0 Å². The molecule has 0 unspecified atom stereocenters. The second-order valence-corrected chi connectivity index (χ2v) is 6.35. The van der Waals surface area contributed by atoms with Crippen LogP contribution in [0, 0.1) is 11.8 Å². The molecule has 7 N–H and O–H groups in total. The van der Waals surface area contributed by atoms with Crippen LogP contribution >= 0.6 is 0 Å². The molecule has 0 bridgehead atoms. The standard InChI is InChI=1S/C8H15NO2.C8H12O3.CH2O2.H3N.Na/c2*9-7(8(10)11)6-4-2-1-3-5-6;2-1-3;;/h6-7H,1-5,9H2,(H,10,11);6H,1-5H2,(H,10,11);1H,(H,2,3);1H3;/q;;;;+1/p-1/t7-;;;;/m0..../s1. The van der Waals surface area contributed by atoms with E-state index in [1.54, 1.807) is 0 Å². The van der Waals surface area contributed by atoms with Crippen molar-refractivity contribution in [3.05, 3.63) is 0 Å². The van der Waals surface area contributed by atoms with Gasteiger partial charge in [0.05, 0.1) is 0 Å². The Morgan fingerprint density at radius 1 is 0.963 bits per heavy atom. The molecule has 0 heterocycles. The molecule has 152 valence electrons. The van der Waals surface area contributed by atoms with E-state index < -0.39 is 23.8 Å². The van der Waals surface area contributed by atoms with Crippen LogP contribution in [0.3, 0.4) is 0 Å². The van der Waals surface area contributed by atoms with Crippen LogP contribution in [-0.4, -0.2) is 40.4 Å². The first-order valence-electron chi connectivity index (χ1n) is 8.66. The molecule has 0 aromatic heterocycles. The van der Waals surface area contributed by atoms with E-state index in [4.69, 9.17) is 20.7 Å². The molecule has 2 saturated carbocycles. The Balaban J connectivity index is -0.000000350. The first-order valence-corrected chi connectivity index (χ1v) is 8.66. The monoisotopic (exact) mass is 398 g/mol. The van der Waals surface area contributed by atoms with Crippen LogP contribution in [-0.2, 0) is 19.2 Å². The summed E-state index contributed by atoms with van der Waals surface area (Å²) in [5.41, 5.74) is 5.49. The molecule has 2 aliphatic rings. The maximum absolute atomic E-state index is 10.8. The molecule has 2 rings (SSSR count). The maximum atomic E-state index is 10.8. The van der Waals surface area contributed by atoms with Crippen LogP contribution in [0.5, 0.6) is 0 Å². The number of rotatable bonds is 4. The van der Waals surface area contributed by atoms with Crippen molar-refractivity contribution in [1.82, 2.24) is 6.15 Å². The molecule has 0 spiro atoms. The van der Waals surface area contributed by atoms with E-state index in [2.05, 4.69) is 0 Å². The fourth-order valence-electron chi connectivity index (χ4n) is 3.23. The van der Waals surface area contributed by atoms with Gasteiger partial charge in [-0.1, -0.05) is 38.5 Å². The minimum Gasteiger partial charge on any atom is -0.542 e. The molecule has 1 atom stereocenters. The van der Waals surface area contributed by atoms with Crippen molar-refractivity contribution in [2.75, 3.05) is 0 Å². The summed E-state index contributed by atoms with van der Waals surface area (Å²) < 4.78 is 0. The third-order valence-electron chi connectivity index (χ3n) is 4.62. The Labute approximate surface area is 181 Å². The number of Topliss-reactive ketones (excluding diaryl/α,β-unsaturated/α-hetero) is 1. The summed E-state index contributed by atoms with van der Waals surface area (Å²) in [6.07, 6.45) is 10.0. The molecule has 0 aromatic rings. The van der Waals surface area contributed by atoms with Crippen molar-refractivity contribution in [2.24, 2.45) is 17.6 Å². The van der Waals surface area contributed by atoms with Gasteiger partial charge < -0.3 is 32.0 Å². The van der Waals surface area contributed by atoms with Gasteiger partial charge in [0.2, 0.25) is 0 Å². The zero-order valence-electron chi connectivity index (χ0n) is 16.1. The van der Waals surface area contributed by atoms with Crippen molar-refractivity contribution in [2.45, 2.75) is 70.3 Å². The van der Waals surface area contributed by atoms with E-state index in [-0.39, 0.29) is 54.0 Å². The van der Waals surface area contributed by atoms with E-state index in [9.17, 15) is 19.5 Å². The number of aliphatic carboxylic acids is 2. The molecule has 2 aliphatic carbocycles. The smallest absolute Gasteiger partial charge is 0.542 e. The minimum absolute atomic E-state index is 0. The Kier molecular flexibility index (Phi) is 20.9. The first-order chi connectivity index (χ1) is 11.8. The second-order valence-electron chi connectivity index (χ2n) is 6.35. The van der Waals surface area contributed by atoms with E-state index in [1.165, 1.54) is 6.42 Å². The molecule has 9 nitrogen and oxygen atoms in total. The van der Waals surface area contributed by atoms with Crippen LogP contribution < -0.4 is 46.5 Å². The van der Waals surface area contributed by atoms with Crippen LogP contribution in [0.25, 0.3) is 0 Å². The number of hydrogen-bond acceptors (Lipinski definition) is 7. The van der Waals surface area contributed by atoms with Crippen molar-refractivity contribution >= 4 is 24.2 Å². The molecule has 0 aromatic carbocycles. The molecule has 0 aliphatic heterocycles. The van der Waals surface area contributed by atoms with E-state index >= 15 is 0 Å². The number of carbonyl (C=O) groups excluding carboxylic acids is 2. The Bertz CT molecular complexity index is 437. The van der Waals surface area contributed by atoms with Gasteiger partial charge in [-0.15, -0.1) is 0 Å². The SMILES string of the molecule is N.N[C@H](C(=O)O)C1CCCCC1.O=C([O-])C(=O)C1CCCCC1.O=CO.[Na+]. The Morgan fingerprint density at radius 3 is 1.67 bits per heavy atom. The predicted molar refractivity (Wildman–Crippen MR) is 92.5 cm³/mol. The summed E-state index contributed by atoms with van der Waals surface area (Å²) in [6.45, 7) is -0.250. The number of carboxylic acid groups (broad SMARTS) is 3. The molecule has 0 amide bonds. The van der Waals surface area contributed by atoms with Gasteiger partial charge in [-0.05, 0) is 31.6 Å². The molecular formula is C17H31N2NaO7. The Hall–Kier alpha value is -1.000. The average Bonchev–Trinajstić information content (AvgIpc) is 2.63. The summed E-state index contributed by atoms with van der Waals surface area (Å²) in [7, 11) is 0. The molecule has 0 radical (unpaired) electrons. The normalized spacial score (nSPS) is 17.8. The third kappa shape index (κ3) is 13.8. The Morgan fingerprint density at radius 2 is 1.33 bits per heavy atom. The number of ketones is 1. The molecule has 27 heavy (non-hydrogen) atoms. The summed E-state index contributed by atoms with van der Waals surface area (Å²) >= 11 is 0. The number of carbonyl (C=O) groups is 4. The van der Waals surface area contributed by atoms with Gasteiger partial charge >= 0.3 is 35.5 Å².